The first-order valence-corrected chi connectivity index (χ1v) is 8.98. The van der Waals surface area contributed by atoms with E-state index in [1.165, 1.54) is 0 Å². The van der Waals surface area contributed by atoms with Crippen LogP contribution in [0.1, 0.15) is 5.56 Å². The van der Waals surface area contributed by atoms with Crippen molar-refractivity contribution < 1.29 is 0 Å². The number of fused-ring (bicyclic) bond motifs is 4. The van der Waals surface area contributed by atoms with Gasteiger partial charge in [0.2, 0.25) is 5.78 Å². The molecule has 0 fully saturated rings. The van der Waals surface area contributed by atoms with Crippen molar-refractivity contribution in [3.05, 3.63) is 81.2 Å². The number of aryl methyl sites for hydroxylation is 1. The van der Waals surface area contributed by atoms with Gasteiger partial charge in [-0.1, -0.05) is 24.3 Å². The molecule has 0 spiro atoms. The van der Waals surface area contributed by atoms with Crippen molar-refractivity contribution in [3.63, 3.8) is 0 Å². The number of halogens is 1. The predicted octanol–water partition coefficient (Wildman–Crippen LogP) is 4.26. The first-order valence-electron chi connectivity index (χ1n) is 8.18. The fourth-order valence-electron chi connectivity index (χ4n) is 3.41. The third-order valence-electron chi connectivity index (χ3n) is 4.55. The van der Waals surface area contributed by atoms with E-state index >= 15 is 0 Å². The minimum absolute atomic E-state index is 0.0738. The summed E-state index contributed by atoms with van der Waals surface area (Å²) in [6.45, 7) is 2.00. The molecule has 0 unspecified atom stereocenters. The molecule has 0 radical (unpaired) electrons. The normalized spacial score (nSPS) is 11.6. The second-order valence-electron chi connectivity index (χ2n) is 6.19. The maximum atomic E-state index is 13.2. The van der Waals surface area contributed by atoms with E-state index in [1.54, 1.807) is 10.6 Å². The molecular formula is C20H13BrN4O. The molecule has 0 amide bonds. The SMILES string of the molecule is Cc1cc(Br)cnc1-n1c2ccccc2n2c(=O)c3ccccc3nc12. The monoisotopic (exact) mass is 404 g/mol. The second kappa shape index (κ2) is 5.51. The van der Waals surface area contributed by atoms with Crippen molar-refractivity contribution in [2.45, 2.75) is 6.92 Å². The molecule has 3 heterocycles. The molecule has 0 bridgehead atoms. The van der Waals surface area contributed by atoms with Crippen LogP contribution in [0.25, 0.3) is 33.5 Å². The molecule has 0 saturated carbocycles. The average molecular weight is 405 g/mol. The van der Waals surface area contributed by atoms with E-state index < -0.39 is 0 Å². The zero-order valence-electron chi connectivity index (χ0n) is 13.8. The lowest BCUT2D eigenvalue weighted by molar-refractivity contribution is 0.991. The van der Waals surface area contributed by atoms with Crippen LogP contribution >= 0.6 is 15.9 Å². The van der Waals surface area contributed by atoms with Gasteiger partial charge in [-0.3, -0.25) is 9.36 Å². The molecule has 5 rings (SSSR count). The largest absolute Gasteiger partial charge is 0.268 e. The first kappa shape index (κ1) is 15.3. The van der Waals surface area contributed by atoms with Gasteiger partial charge in [0.15, 0.2) is 0 Å². The van der Waals surface area contributed by atoms with Crippen LogP contribution in [0.15, 0.2) is 70.1 Å². The lowest BCUT2D eigenvalue weighted by Crippen LogP contribution is -2.15. The highest BCUT2D eigenvalue weighted by molar-refractivity contribution is 9.10. The van der Waals surface area contributed by atoms with E-state index in [0.29, 0.717) is 16.7 Å². The van der Waals surface area contributed by atoms with Gasteiger partial charge in [0.1, 0.15) is 5.82 Å². The number of nitrogens with zero attached hydrogens (tertiary/aromatic N) is 4. The van der Waals surface area contributed by atoms with Crippen LogP contribution in [0.5, 0.6) is 0 Å². The van der Waals surface area contributed by atoms with E-state index in [4.69, 9.17) is 4.98 Å². The van der Waals surface area contributed by atoms with Gasteiger partial charge in [0.05, 0.1) is 21.9 Å². The van der Waals surface area contributed by atoms with Crippen LogP contribution in [0.3, 0.4) is 0 Å². The van der Waals surface area contributed by atoms with Crippen LogP contribution in [0.2, 0.25) is 0 Å². The van der Waals surface area contributed by atoms with Crippen molar-refractivity contribution in [2.75, 3.05) is 0 Å². The summed E-state index contributed by atoms with van der Waals surface area (Å²) in [7, 11) is 0. The predicted molar refractivity (Wildman–Crippen MR) is 106 cm³/mol. The average Bonchev–Trinajstić information content (AvgIpc) is 2.96. The van der Waals surface area contributed by atoms with Crippen LogP contribution in [0, 0.1) is 6.92 Å². The van der Waals surface area contributed by atoms with Gasteiger partial charge in [0, 0.05) is 10.7 Å². The van der Waals surface area contributed by atoms with E-state index in [1.807, 2.05) is 66.1 Å². The number of aromatic nitrogens is 4. The second-order valence-corrected chi connectivity index (χ2v) is 7.10. The molecule has 3 aromatic heterocycles. The van der Waals surface area contributed by atoms with Crippen LogP contribution in [0.4, 0.5) is 0 Å². The molecule has 0 aliphatic carbocycles. The highest BCUT2D eigenvalue weighted by Gasteiger charge is 2.18. The number of hydrogen-bond acceptors (Lipinski definition) is 3. The van der Waals surface area contributed by atoms with Crippen LogP contribution in [-0.2, 0) is 0 Å². The number of benzene rings is 2. The van der Waals surface area contributed by atoms with Crippen molar-refractivity contribution in [1.29, 1.82) is 0 Å². The Hall–Kier alpha value is -2.99. The van der Waals surface area contributed by atoms with Crippen molar-refractivity contribution in [2.24, 2.45) is 0 Å². The standard InChI is InChI=1S/C20H13BrN4O/c1-12-10-13(21)11-22-18(12)24-16-8-4-5-9-17(16)25-19(26)14-6-2-3-7-15(14)23-20(24)25/h2-11H,1H3. The lowest BCUT2D eigenvalue weighted by atomic mass is 10.2. The van der Waals surface area contributed by atoms with Gasteiger partial charge in [0.25, 0.3) is 5.56 Å². The Labute approximate surface area is 156 Å². The molecule has 6 heteroatoms. The number of pyridine rings is 1. The Bertz CT molecular complexity index is 1380. The van der Waals surface area contributed by atoms with E-state index in [0.717, 1.165) is 26.9 Å². The van der Waals surface area contributed by atoms with Gasteiger partial charge >= 0.3 is 0 Å². The fraction of sp³-hybridized carbons (Fsp3) is 0.0500. The topological polar surface area (TPSA) is 52.2 Å². The fourth-order valence-corrected chi connectivity index (χ4v) is 3.86. The lowest BCUT2D eigenvalue weighted by Gasteiger charge is -2.09. The molecule has 126 valence electrons. The van der Waals surface area contributed by atoms with Gasteiger partial charge in [-0.25, -0.2) is 14.4 Å². The summed E-state index contributed by atoms with van der Waals surface area (Å²) in [6, 6.07) is 17.2. The molecule has 5 nitrogen and oxygen atoms in total. The highest BCUT2D eigenvalue weighted by Crippen LogP contribution is 2.26. The quantitative estimate of drug-likeness (QED) is 0.419. The first-order chi connectivity index (χ1) is 12.6. The van der Waals surface area contributed by atoms with Gasteiger partial charge < -0.3 is 0 Å². The van der Waals surface area contributed by atoms with E-state index in [2.05, 4.69) is 20.9 Å². The number of rotatable bonds is 1. The number of imidazole rings is 1. The molecular weight excluding hydrogens is 392 g/mol. The van der Waals surface area contributed by atoms with E-state index in [9.17, 15) is 4.79 Å². The zero-order chi connectivity index (χ0) is 17.8. The molecule has 5 aromatic rings. The Morgan fingerprint density at radius 1 is 1.00 bits per heavy atom. The van der Waals surface area contributed by atoms with Gasteiger partial charge in [-0.05, 0) is 58.7 Å². The molecule has 0 atom stereocenters. The molecule has 0 aliphatic rings. The third-order valence-corrected chi connectivity index (χ3v) is 4.98. The maximum absolute atomic E-state index is 13.2. The summed E-state index contributed by atoms with van der Waals surface area (Å²) in [5.74, 6) is 1.32. The Morgan fingerprint density at radius 3 is 2.54 bits per heavy atom. The van der Waals surface area contributed by atoms with Gasteiger partial charge in [-0.15, -0.1) is 0 Å². The van der Waals surface area contributed by atoms with E-state index in [-0.39, 0.29) is 5.56 Å². The van der Waals surface area contributed by atoms with Crippen LogP contribution in [-0.4, -0.2) is 18.9 Å². The minimum Gasteiger partial charge on any atom is -0.268 e. The molecule has 0 saturated heterocycles. The summed E-state index contributed by atoms with van der Waals surface area (Å²) >= 11 is 3.46. The Morgan fingerprint density at radius 2 is 1.73 bits per heavy atom. The van der Waals surface area contributed by atoms with Gasteiger partial charge in [-0.2, -0.15) is 0 Å². The number of para-hydroxylation sites is 3. The summed E-state index contributed by atoms with van der Waals surface area (Å²) in [4.78, 5) is 22.5. The highest BCUT2D eigenvalue weighted by atomic mass is 79.9. The van der Waals surface area contributed by atoms with Crippen molar-refractivity contribution in [3.8, 4) is 5.82 Å². The number of hydrogen-bond donors (Lipinski definition) is 0. The maximum Gasteiger partial charge on any atom is 0.267 e. The van der Waals surface area contributed by atoms with Crippen molar-refractivity contribution >= 4 is 43.6 Å². The third kappa shape index (κ3) is 2.05. The Balaban J connectivity index is 2.07. The molecule has 0 aliphatic heterocycles. The molecule has 2 aromatic carbocycles. The summed E-state index contributed by atoms with van der Waals surface area (Å²) in [5.41, 5.74) is 3.30. The smallest absolute Gasteiger partial charge is 0.267 e. The minimum atomic E-state index is -0.0738. The Kier molecular flexibility index (Phi) is 3.24. The summed E-state index contributed by atoms with van der Waals surface area (Å²) < 4.78 is 4.53. The zero-order valence-corrected chi connectivity index (χ0v) is 15.4. The summed E-state index contributed by atoms with van der Waals surface area (Å²) in [5, 5.41) is 0.605. The summed E-state index contributed by atoms with van der Waals surface area (Å²) in [6.07, 6.45) is 1.76. The molecule has 0 N–H and O–H groups in total. The van der Waals surface area contributed by atoms with Crippen molar-refractivity contribution in [1.82, 2.24) is 18.9 Å². The van der Waals surface area contributed by atoms with Crippen LogP contribution < -0.4 is 5.56 Å². The molecule has 26 heavy (non-hydrogen) atoms.